The van der Waals surface area contributed by atoms with E-state index in [-0.39, 0.29) is 22.9 Å². The highest BCUT2D eigenvalue weighted by atomic mass is 35.5. The maximum Gasteiger partial charge on any atom is 0.259 e. The summed E-state index contributed by atoms with van der Waals surface area (Å²) >= 11 is 5.70. The Balaban J connectivity index is 1.76. The first-order chi connectivity index (χ1) is 12.0. The third-order valence-electron chi connectivity index (χ3n) is 3.24. The Morgan fingerprint density at radius 1 is 1.32 bits per heavy atom. The van der Waals surface area contributed by atoms with Crippen molar-refractivity contribution in [3.63, 3.8) is 0 Å². The van der Waals surface area contributed by atoms with Crippen LogP contribution >= 0.6 is 11.6 Å². The van der Waals surface area contributed by atoms with Gasteiger partial charge in [-0.05, 0) is 30.3 Å². The van der Waals surface area contributed by atoms with Crippen molar-refractivity contribution in [3.05, 3.63) is 70.6 Å². The van der Waals surface area contributed by atoms with Gasteiger partial charge in [0.25, 0.3) is 5.91 Å². The van der Waals surface area contributed by atoms with E-state index in [4.69, 9.17) is 20.9 Å². The SMILES string of the molecule is Cc1nc(COc2ccccc2C(=O)Nc2ccc(Cl)cc2F)no1. The summed E-state index contributed by atoms with van der Waals surface area (Å²) < 4.78 is 24.3. The van der Waals surface area contributed by atoms with E-state index in [1.54, 1.807) is 31.2 Å². The molecule has 1 amide bonds. The highest BCUT2D eigenvalue weighted by molar-refractivity contribution is 6.30. The van der Waals surface area contributed by atoms with Gasteiger partial charge < -0.3 is 14.6 Å². The minimum atomic E-state index is -0.624. The summed E-state index contributed by atoms with van der Waals surface area (Å²) in [5.74, 6) is -0.0428. The number of nitrogens with one attached hydrogen (secondary N) is 1. The normalized spacial score (nSPS) is 10.5. The van der Waals surface area contributed by atoms with Crippen LogP contribution < -0.4 is 10.1 Å². The van der Waals surface area contributed by atoms with E-state index in [0.717, 1.165) is 6.07 Å². The molecule has 0 spiro atoms. The van der Waals surface area contributed by atoms with E-state index < -0.39 is 11.7 Å². The van der Waals surface area contributed by atoms with Gasteiger partial charge in [0.1, 0.15) is 11.6 Å². The summed E-state index contributed by atoms with van der Waals surface area (Å²) in [6, 6.07) is 10.6. The number of anilines is 1. The summed E-state index contributed by atoms with van der Waals surface area (Å²) in [6.07, 6.45) is 0. The molecule has 0 aliphatic heterocycles. The van der Waals surface area contributed by atoms with Crippen LogP contribution in [0.5, 0.6) is 5.75 Å². The maximum atomic E-state index is 13.8. The number of aromatic nitrogens is 2. The van der Waals surface area contributed by atoms with Crippen molar-refractivity contribution < 1.29 is 18.4 Å². The summed E-state index contributed by atoms with van der Waals surface area (Å²) in [5.41, 5.74) is 0.273. The largest absolute Gasteiger partial charge is 0.485 e. The smallest absolute Gasteiger partial charge is 0.259 e. The van der Waals surface area contributed by atoms with E-state index in [9.17, 15) is 9.18 Å². The topological polar surface area (TPSA) is 77.2 Å². The number of carbonyl (C=O) groups is 1. The Morgan fingerprint density at radius 3 is 2.84 bits per heavy atom. The average Bonchev–Trinajstić information content (AvgIpc) is 3.01. The molecular weight excluding hydrogens is 349 g/mol. The van der Waals surface area contributed by atoms with Gasteiger partial charge in [0.2, 0.25) is 11.7 Å². The molecule has 1 heterocycles. The van der Waals surface area contributed by atoms with Crippen molar-refractivity contribution in [2.45, 2.75) is 13.5 Å². The van der Waals surface area contributed by atoms with Gasteiger partial charge in [0.15, 0.2) is 6.61 Å². The van der Waals surface area contributed by atoms with Gasteiger partial charge in [-0.25, -0.2) is 4.39 Å². The number of para-hydroxylation sites is 1. The van der Waals surface area contributed by atoms with Gasteiger partial charge in [-0.15, -0.1) is 0 Å². The summed E-state index contributed by atoms with van der Waals surface area (Å²) in [5, 5.41) is 6.46. The van der Waals surface area contributed by atoms with Crippen LogP contribution in [0.25, 0.3) is 0 Å². The lowest BCUT2D eigenvalue weighted by atomic mass is 10.2. The van der Waals surface area contributed by atoms with Gasteiger partial charge in [-0.1, -0.05) is 28.9 Å². The molecule has 0 saturated carbocycles. The third-order valence-corrected chi connectivity index (χ3v) is 3.47. The molecule has 2 aromatic carbocycles. The number of halogens is 2. The van der Waals surface area contributed by atoms with Crippen molar-refractivity contribution in [1.82, 2.24) is 10.1 Å². The number of hydrogen-bond donors (Lipinski definition) is 1. The standard InChI is InChI=1S/C17H13ClFN3O3/c1-10-20-16(22-25-10)9-24-15-5-3-2-4-12(15)17(23)21-14-7-6-11(18)8-13(14)19/h2-8H,9H2,1H3,(H,21,23). The number of rotatable bonds is 5. The third kappa shape index (κ3) is 4.13. The van der Waals surface area contributed by atoms with Crippen molar-refractivity contribution in [2.24, 2.45) is 0 Å². The molecule has 1 aromatic heterocycles. The van der Waals surface area contributed by atoms with E-state index >= 15 is 0 Å². The molecule has 0 unspecified atom stereocenters. The van der Waals surface area contributed by atoms with Crippen LogP contribution in [0.15, 0.2) is 47.0 Å². The second kappa shape index (κ2) is 7.31. The van der Waals surface area contributed by atoms with Crippen LogP contribution in [0, 0.1) is 12.7 Å². The van der Waals surface area contributed by atoms with E-state index in [1.165, 1.54) is 12.1 Å². The molecule has 0 fully saturated rings. The Bertz CT molecular complexity index is 914. The molecule has 0 radical (unpaired) electrons. The van der Waals surface area contributed by atoms with Crippen LogP contribution in [-0.2, 0) is 6.61 Å². The molecule has 0 atom stereocenters. The number of ether oxygens (including phenoxy) is 1. The Kier molecular flexibility index (Phi) is 4.95. The van der Waals surface area contributed by atoms with Gasteiger partial charge in [-0.2, -0.15) is 4.98 Å². The summed E-state index contributed by atoms with van der Waals surface area (Å²) in [6.45, 7) is 1.70. The molecule has 3 aromatic rings. The second-order valence-electron chi connectivity index (χ2n) is 5.09. The minimum absolute atomic E-state index is 0.0259. The zero-order valence-corrected chi connectivity index (χ0v) is 13.9. The fourth-order valence-electron chi connectivity index (χ4n) is 2.10. The molecule has 25 heavy (non-hydrogen) atoms. The van der Waals surface area contributed by atoms with Crippen LogP contribution in [0.4, 0.5) is 10.1 Å². The van der Waals surface area contributed by atoms with Crippen molar-refractivity contribution in [1.29, 1.82) is 0 Å². The van der Waals surface area contributed by atoms with Crippen LogP contribution in [0.3, 0.4) is 0 Å². The van der Waals surface area contributed by atoms with Crippen LogP contribution in [0.1, 0.15) is 22.1 Å². The quantitative estimate of drug-likeness (QED) is 0.743. The fraction of sp³-hybridized carbons (Fsp3) is 0.118. The van der Waals surface area contributed by atoms with Crippen LogP contribution in [0.2, 0.25) is 5.02 Å². The Hall–Kier alpha value is -2.93. The first kappa shape index (κ1) is 16.9. The van der Waals surface area contributed by atoms with Crippen molar-refractivity contribution >= 4 is 23.2 Å². The molecule has 1 N–H and O–H groups in total. The molecule has 0 aliphatic rings. The minimum Gasteiger partial charge on any atom is -0.485 e. The summed E-state index contributed by atoms with van der Waals surface area (Å²) in [7, 11) is 0. The molecule has 128 valence electrons. The van der Waals surface area contributed by atoms with E-state index in [0.29, 0.717) is 17.5 Å². The number of benzene rings is 2. The number of carbonyl (C=O) groups excluding carboxylic acids is 1. The fourth-order valence-corrected chi connectivity index (χ4v) is 2.26. The average molecular weight is 362 g/mol. The number of nitrogens with zero attached hydrogens (tertiary/aromatic N) is 2. The lowest BCUT2D eigenvalue weighted by Gasteiger charge is -2.11. The van der Waals surface area contributed by atoms with Crippen molar-refractivity contribution in [3.8, 4) is 5.75 Å². The molecule has 3 rings (SSSR count). The molecule has 8 heteroatoms. The predicted octanol–water partition coefficient (Wildman–Crippen LogP) is 4.00. The summed E-state index contributed by atoms with van der Waals surface area (Å²) in [4.78, 5) is 16.5. The highest BCUT2D eigenvalue weighted by Crippen LogP contribution is 2.23. The monoisotopic (exact) mass is 361 g/mol. The molecular formula is C17H13ClFN3O3. The maximum absolute atomic E-state index is 13.8. The lowest BCUT2D eigenvalue weighted by molar-refractivity contribution is 0.102. The highest BCUT2D eigenvalue weighted by Gasteiger charge is 2.15. The second-order valence-corrected chi connectivity index (χ2v) is 5.53. The lowest BCUT2D eigenvalue weighted by Crippen LogP contribution is -2.14. The molecule has 0 aliphatic carbocycles. The predicted molar refractivity (Wildman–Crippen MR) is 89.2 cm³/mol. The van der Waals surface area contributed by atoms with E-state index in [2.05, 4.69) is 15.5 Å². The zero-order valence-electron chi connectivity index (χ0n) is 13.1. The van der Waals surface area contributed by atoms with Gasteiger partial charge in [-0.3, -0.25) is 4.79 Å². The first-order valence-corrected chi connectivity index (χ1v) is 7.68. The van der Waals surface area contributed by atoms with Gasteiger partial charge in [0.05, 0.1) is 11.3 Å². The number of aryl methyl sites for hydroxylation is 1. The van der Waals surface area contributed by atoms with Gasteiger partial charge in [0, 0.05) is 11.9 Å². The molecule has 0 bridgehead atoms. The van der Waals surface area contributed by atoms with Crippen LogP contribution in [-0.4, -0.2) is 16.0 Å². The molecule has 6 nitrogen and oxygen atoms in total. The Labute approximate surface area is 147 Å². The number of hydrogen-bond acceptors (Lipinski definition) is 5. The first-order valence-electron chi connectivity index (χ1n) is 7.30. The molecule has 0 saturated heterocycles. The zero-order chi connectivity index (χ0) is 17.8. The Morgan fingerprint density at radius 2 is 2.12 bits per heavy atom. The van der Waals surface area contributed by atoms with E-state index in [1.807, 2.05) is 0 Å². The number of amides is 1. The van der Waals surface area contributed by atoms with Crippen molar-refractivity contribution in [2.75, 3.05) is 5.32 Å². The van der Waals surface area contributed by atoms with Gasteiger partial charge >= 0.3 is 0 Å².